The number of Topliss-reactive ketones (excluding diaryl/α,β-unsaturated/α-hetero) is 2. The van der Waals surface area contributed by atoms with Crippen molar-refractivity contribution >= 4 is 11.6 Å². The lowest BCUT2D eigenvalue weighted by molar-refractivity contribution is -0.127. The van der Waals surface area contributed by atoms with Crippen LogP contribution in [0.3, 0.4) is 0 Å². The van der Waals surface area contributed by atoms with Crippen LogP contribution in [0.1, 0.15) is 40.0 Å². The Morgan fingerprint density at radius 1 is 1.27 bits per heavy atom. The third-order valence-corrected chi connectivity index (χ3v) is 2.79. The Bertz CT molecular complexity index is 299. The summed E-state index contributed by atoms with van der Waals surface area (Å²) in [6.45, 7) is 5.87. The summed E-state index contributed by atoms with van der Waals surface area (Å²) < 4.78 is 0. The van der Waals surface area contributed by atoms with Gasteiger partial charge in [0.1, 0.15) is 0 Å². The third kappa shape index (κ3) is 2.46. The molecule has 0 atom stereocenters. The second-order valence-corrected chi connectivity index (χ2v) is 4.82. The van der Waals surface area contributed by atoms with Gasteiger partial charge in [-0.1, -0.05) is 20.8 Å². The van der Waals surface area contributed by atoms with Crippen LogP contribution in [0.2, 0.25) is 0 Å². The van der Waals surface area contributed by atoms with Crippen molar-refractivity contribution in [1.29, 1.82) is 0 Å². The number of carbonyl (C=O) groups is 2. The molecule has 0 aromatic rings. The van der Waals surface area contributed by atoms with Crippen molar-refractivity contribution in [2.24, 2.45) is 5.41 Å². The Balaban J connectivity index is 3.08. The van der Waals surface area contributed by atoms with Gasteiger partial charge in [0.25, 0.3) is 0 Å². The molecule has 1 saturated carbocycles. The van der Waals surface area contributed by atoms with Crippen LogP contribution in [-0.2, 0) is 9.59 Å². The molecule has 1 N–H and O–H groups in total. The monoisotopic (exact) mass is 209 g/mol. The second kappa shape index (κ2) is 4.17. The second-order valence-electron chi connectivity index (χ2n) is 4.82. The predicted octanol–water partition coefficient (Wildman–Crippen LogP) is 1.83. The Kier molecular flexibility index (Phi) is 3.32. The molecule has 3 heteroatoms. The van der Waals surface area contributed by atoms with Gasteiger partial charge in [-0.05, 0) is 11.8 Å². The maximum absolute atomic E-state index is 11.9. The number of nitrogens with one attached hydrogen (secondary N) is 1. The first-order valence-electron chi connectivity index (χ1n) is 5.38. The number of ketones is 2. The molecule has 1 aliphatic rings. The van der Waals surface area contributed by atoms with Crippen LogP contribution in [0, 0.1) is 5.41 Å². The van der Waals surface area contributed by atoms with Gasteiger partial charge in [-0.3, -0.25) is 9.59 Å². The van der Waals surface area contributed by atoms with Crippen molar-refractivity contribution in [1.82, 2.24) is 5.32 Å². The van der Waals surface area contributed by atoms with Crippen LogP contribution < -0.4 is 5.32 Å². The van der Waals surface area contributed by atoms with Crippen LogP contribution in [-0.4, -0.2) is 18.6 Å². The van der Waals surface area contributed by atoms with Crippen LogP contribution in [0.4, 0.5) is 0 Å². The molecule has 1 fully saturated rings. The number of hydrogen-bond donors (Lipinski definition) is 1. The molecule has 0 aromatic carbocycles. The van der Waals surface area contributed by atoms with Gasteiger partial charge in [-0.2, -0.15) is 0 Å². The van der Waals surface area contributed by atoms with Gasteiger partial charge in [0.05, 0.1) is 5.57 Å². The van der Waals surface area contributed by atoms with Gasteiger partial charge < -0.3 is 5.32 Å². The highest BCUT2D eigenvalue weighted by Crippen LogP contribution is 2.34. The van der Waals surface area contributed by atoms with Crippen LogP contribution >= 0.6 is 0 Å². The predicted molar refractivity (Wildman–Crippen MR) is 59.4 cm³/mol. The van der Waals surface area contributed by atoms with E-state index in [2.05, 4.69) is 5.32 Å². The molecule has 0 aromatic heterocycles. The molecule has 0 bridgehead atoms. The Labute approximate surface area is 90.9 Å². The van der Waals surface area contributed by atoms with Crippen molar-refractivity contribution in [3.63, 3.8) is 0 Å². The molecule has 1 aliphatic carbocycles. The van der Waals surface area contributed by atoms with E-state index in [0.717, 1.165) is 5.70 Å². The molecule has 0 unspecified atom stereocenters. The minimum absolute atomic E-state index is 0.0116. The molecule has 0 aliphatic heterocycles. The topological polar surface area (TPSA) is 46.2 Å². The van der Waals surface area contributed by atoms with Crippen molar-refractivity contribution in [3.8, 4) is 0 Å². The first-order valence-corrected chi connectivity index (χ1v) is 5.38. The van der Waals surface area contributed by atoms with Gasteiger partial charge in [-0.25, -0.2) is 0 Å². The van der Waals surface area contributed by atoms with Gasteiger partial charge in [-0.15, -0.1) is 0 Å². The fourth-order valence-electron chi connectivity index (χ4n) is 2.08. The lowest BCUT2D eigenvalue weighted by Crippen LogP contribution is -2.33. The van der Waals surface area contributed by atoms with Crippen molar-refractivity contribution in [2.45, 2.75) is 40.0 Å². The fourth-order valence-corrected chi connectivity index (χ4v) is 2.08. The zero-order valence-corrected chi connectivity index (χ0v) is 9.94. The highest BCUT2D eigenvalue weighted by atomic mass is 16.2. The SMILES string of the molecule is CCC(NC)=C1C(=O)CC(C)(C)CC1=O. The van der Waals surface area contributed by atoms with Crippen LogP contribution in [0.5, 0.6) is 0 Å². The van der Waals surface area contributed by atoms with E-state index in [1.165, 1.54) is 0 Å². The molecule has 1 rings (SSSR count). The maximum atomic E-state index is 11.9. The summed E-state index contributed by atoms with van der Waals surface area (Å²) in [4.78, 5) is 23.7. The molecule has 84 valence electrons. The first kappa shape index (κ1) is 12.0. The average molecular weight is 209 g/mol. The van der Waals surface area contributed by atoms with Crippen molar-refractivity contribution in [3.05, 3.63) is 11.3 Å². The summed E-state index contributed by atoms with van der Waals surface area (Å²) in [5.41, 5.74) is 1.00. The Hall–Kier alpha value is -1.12. The number of allylic oxidation sites excluding steroid dienone is 2. The van der Waals surface area contributed by atoms with Crippen LogP contribution in [0.25, 0.3) is 0 Å². The van der Waals surface area contributed by atoms with Gasteiger partial charge in [0.2, 0.25) is 0 Å². The molecular weight excluding hydrogens is 190 g/mol. The quantitative estimate of drug-likeness (QED) is 0.557. The molecule has 15 heavy (non-hydrogen) atoms. The standard InChI is InChI=1S/C12H19NO2/c1-5-8(13-4)11-9(14)6-12(2,3)7-10(11)15/h13H,5-7H2,1-4H3. The molecular formula is C12H19NO2. The summed E-state index contributed by atoms with van der Waals surface area (Å²) in [5, 5.41) is 2.95. The summed E-state index contributed by atoms with van der Waals surface area (Å²) in [7, 11) is 1.76. The highest BCUT2D eigenvalue weighted by molar-refractivity contribution is 6.22. The largest absolute Gasteiger partial charge is 0.391 e. The molecule has 0 spiro atoms. The average Bonchev–Trinajstić information content (AvgIpc) is 2.09. The molecule has 0 heterocycles. The van der Waals surface area contributed by atoms with Gasteiger partial charge in [0.15, 0.2) is 11.6 Å². The van der Waals surface area contributed by atoms with Crippen molar-refractivity contribution in [2.75, 3.05) is 7.05 Å². The zero-order chi connectivity index (χ0) is 11.6. The summed E-state index contributed by atoms with van der Waals surface area (Å²) in [6, 6.07) is 0. The van der Waals surface area contributed by atoms with Crippen LogP contribution in [0.15, 0.2) is 11.3 Å². The third-order valence-electron chi connectivity index (χ3n) is 2.79. The maximum Gasteiger partial charge on any atom is 0.168 e. The highest BCUT2D eigenvalue weighted by Gasteiger charge is 2.36. The molecule has 0 amide bonds. The number of rotatable bonds is 2. The first-order chi connectivity index (χ1) is 6.91. The van der Waals surface area contributed by atoms with E-state index in [9.17, 15) is 9.59 Å². The Morgan fingerprint density at radius 2 is 1.73 bits per heavy atom. The normalized spacial score (nSPS) is 20.4. The lowest BCUT2D eigenvalue weighted by Gasteiger charge is -2.29. The summed E-state index contributed by atoms with van der Waals surface area (Å²) in [5.74, 6) is -0.0232. The summed E-state index contributed by atoms with van der Waals surface area (Å²) in [6.07, 6.45) is 1.64. The van der Waals surface area contributed by atoms with Gasteiger partial charge >= 0.3 is 0 Å². The van der Waals surface area contributed by atoms with E-state index in [1.54, 1.807) is 7.05 Å². The van der Waals surface area contributed by atoms with E-state index >= 15 is 0 Å². The summed E-state index contributed by atoms with van der Waals surface area (Å²) >= 11 is 0. The van der Waals surface area contributed by atoms with E-state index < -0.39 is 0 Å². The van der Waals surface area contributed by atoms with E-state index in [4.69, 9.17) is 0 Å². The van der Waals surface area contributed by atoms with E-state index in [1.807, 2.05) is 20.8 Å². The molecule has 3 nitrogen and oxygen atoms in total. The molecule has 0 saturated heterocycles. The lowest BCUT2D eigenvalue weighted by atomic mass is 9.73. The number of carbonyl (C=O) groups excluding carboxylic acids is 2. The number of hydrogen-bond acceptors (Lipinski definition) is 3. The minimum Gasteiger partial charge on any atom is -0.391 e. The zero-order valence-electron chi connectivity index (χ0n) is 9.94. The fraction of sp³-hybridized carbons (Fsp3) is 0.667. The smallest absolute Gasteiger partial charge is 0.168 e. The van der Waals surface area contributed by atoms with Crippen molar-refractivity contribution < 1.29 is 9.59 Å². The van der Waals surface area contributed by atoms with E-state index in [-0.39, 0.29) is 17.0 Å². The van der Waals surface area contributed by atoms with E-state index in [0.29, 0.717) is 24.8 Å². The van der Waals surface area contributed by atoms with Gasteiger partial charge in [0, 0.05) is 25.6 Å². The molecule has 0 radical (unpaired) electrons. The minimum atomic E-state index is -0.176. The Morgan fingerprint density at radius 3 is 2.07 bits per heavy atom.